The number of hydrogen-bond donors (Lipinski definition) is 2. The van der Waals surface area contributed by atoms with Gasteiger partial charge < -0.3 is 15.2 Å². The highest BCUT2D eigenvalue weighted by atomic mass is 16.5. The van der Waals surface area contributed by atoms with Crippen LogP contribution in [0, 0.1) is 0 Å². The lowest BCUT2D eigenvalue weighted by atomic mass is 10.1. The smallest absolute Gasteiger partial charge is 0.341 e. The highest BCUT2D eigenvalue weighted by molar-refractivity contribution is 6.34. The third kappa shape index (κ3) is 3.99. The lowest BCUT2D eigenvalue weighted by Gasteiger charge is -2.15. The van der Waals surface area contributed by atoms with Gasteiger partial charge in [0, 0.05) is 17.3 Å². The molecule has 0 unspecified atom stereocenters. The molecule has 0 saturated carbocycles. The maximum absolute atomic E-state index is 12.7. The Bertz CT molecular complexity index is 1180. The van der Waals surface area contributed by atoms with Crippen LogP contribution in [0.2, 0.25) is 0 Å². The molecule has 31 heavy (non-hydrogen) atoms. The van der Waals surface area contributed by atoms with Crippen LogP contribution in [0.4, 0.5) is 11.4 Å². The summed E-state index contributed by atoms with van der Waals surface area (Å²) in [5.41, 5.74) is 1.57. The fraction of sp³-hybridized carbons (Fsp3) is 0.0435. The average Bonchev–Trinajstić information content (AvgIpc) is 3.03. The van der Waals surface area contributed by atoms with Crippen molar-refractivity contribution in [2.75, 3.05) is 16.8 Å². The van der Waals surface area contributed by atoms with Crippen molar-refractivity contribution in [3.8, 4) is 5.75 Å². The van der Waals surface area contributed by atoms with E-state index in [0.717, 1.165) is 4.90 Å². The summed E-state index contributed by atoms with van der Waals surface area (Å²) in [5, 5.41) is 11.4. The molecule has 1 heterocycles. The predicted molar refractivity (Wildman–Crippen MR) is 112 cm³/mol. The minimum Gasteiger partial charge on any atom is -0.482 e. The SMILES string of the molecule is O=C(O)COc1cccc(NC(=O)c2cccc(N3C(=O)c4ccccc4C3=O)c2)c1. The van der Waals surface area contributed by atoms with Gasteiger partial charge in [-0.05, 0) is 42.5 Å². The number of hydrogen-bond acceptors (Lipinski definition) is 5. The first-order valence-electron chi connectivity index (χ1n) is 9.28. The number of carbonyl (C=O) groups excluding carboxylic acids is 3. The Morgan fingerprint density at radius 2 is 1.55 bits per heavy atom. The zero-order valence-electron chi connectivity index (χ0n) is 16.1. The number of carbonyl (C=O) groups is 4. The standard InChI is InChI=1S/C23H16N2O6/c26-20(27)13-31-17-8-4-6-15(12-17)24-21(28)14-5-3-7-16(11-14)25-22(29)18-9-1-2-10-19(18)23(25)30/h1-12H,13H2,(H,24,28)(H,26,27). The van der Waals surface area contributed by atoms with E-state index in [2.05, 4.69) is 5.32 Å². The number of imide groups is 1. The maximum Gasteiger partial charge on any atom is 0.341 e. The van der Waals surface area contributed by atoms with Crippen molar-refractivity contribution in [2.45, 2.75) is 0 Å². The number of fused-ring (bicyclic) bond motifs is 1. The van der Waals surface area contributed by atoms with Gasteiger partial charge in [-0.15, -0.1) is 0 Å². The van der Waals surface area contributed by atoms with Gasteiger partial charge >= 0.3 is 5.97 Å². The first-order valence-corrected chi connectivity index (χ1v) is 9.28. The first kappa shape index (κ1) is 19.8. The Kier molecular flexibility index (Phi) is 5.19. The van der Waals surface area contributed by atoms with Crippen LogP contribution in [0.25, 0.3) is 0 Å². The normalized spacial score (nSPS) is 12.5. The van der Waals surface area contributed by atoms with E-state index in [-0.39, 0.29) is 11.3 Å². The molecule has 0 aliphatic carbocycles. The van der Waals surface area contributed by atoms with Gasteiger partial charge in [-0.25, -0.2) is 9.69 Å². The molecule has 0 saturated heterocycles. The van der Waals surface area contributed by atoms with Crippen molar-refractivity contribution in [3.05, 3.63) is 89.5 Å². The summed E-state index contributed by atoms with van der Waals surface area (Å²) in [6.45, 7) is -0.500. The van der Waals surface area contributed by atoms with Crippen LogP contribution in [0.1, 0.15) is 31.1 Å². The number of anilines is 2. The minimum atomic E-state index is -1.11. The van der Waals surface area contributed by atoms with Crippen molar-refractivity contribution >= 4 is 35.1 Å². The van der Waals surface area contributed by atoms with E-state index >= 15 is 0 Å². The van der Waals surface area contributed by atoms with E-state index < -0.39 is 30.3 Å². The number of carboxylic acid groups (broad SMARTS) is 1. The Balaban J connectivity index is 1.54. The van der Waals surface area contributed by atoms with E-state index in [1.165, 1.54) is 12.1 Å². The fourth-order valence-electron chi connectivity index (χ4n) is 3.22. The molecule has 4 rings (SSSR count). The average molecular weight is 416 g/mol. The van der Waals surface area contributed by atoms with Crippen LogP contribution in [-0.2, 0) is 4.79 Å². The molecule has 0 spiro atoms. The van der Waals surface area contributed by atoms with E-state index in [0.29, 0.717) is 22.6 Å². The van der Waals surface area contributed by atoms with Crippen LogP contribution in [0.15, 0.2) is 72.8 Å². The molecule has 8 nitrogen and oxygen atoms in total. The third-order valence-corrected chi connectivity index (χ3v) is 4.61. The lowest BCUT2D eigenvalue weighted by molar-refractivity contribution is -0.139. The Morgan fingerprint density at radius 3 is 2.23 bits per heavy atom. The topological polar surface area (TPSA) is 113 Å². The van der Waals surface area contributed by atoms with Crippen molar-refractivity contribution in [3.63, 3.8) is 0 Å². The summed E-state index contributed by atoms with van der Waals surface area (Å²) in [7, 11) is 0. The van der Waals surface area contributed by atoms with Crippen LogP contribution >= 0.6 is 0 Å². The zero-order valence-corrected chi connectivity index (χ0v) is 16.1. The molecule has 3 aromatic carbocycles. The van der Waals surface area contributed by atoms with Crippen molar-refractivity contribution in [1.29, 1.82) is 0 Å². The van der Waals surface area contributed by atoms with Gasteiger partial charge in [0.1, 0.15) is 5.75 Å². The minimum absolute atomic E-state index is 0.242. The Hall–Kier alpha value is -4.46. The second kappa shape index (κ2) is 8.11. The molecule has 0 atom stereocenters. The fourth-order valence-corrected chi connectivity index (χ4v) is 3.22. The molecule has 1 aliphatic rings. The van der Waals surface area contributed by atoms with Crippen LogP contribution in [-0.4, -0.2) is 35.4 Å². The number of ether oxygens (including phenoxy) is 1. The molecule has 3 amide bonds. The number of benzene rings is 3. The molecule has 154 valence electrons. The van der Waals surface area contributed by atoms with Crippen LogP contribution in [0.5, 0.6) is 5.75 Å². The number of aliphatic carboxylic acids is 1. The molecular weight excluding hydrogens is 400 g/mol. The molecule has 1 aliphatic heterocycles. The molecule has 0 aromatic heterocycles. The van der Waals surface area contributed by atoms with Crippen LogP contribution in [0.3, 0.4) is 0 Å². The second-order valence-electron chi connectivity index (χ2n) is 6.71. The van der Waals surface area contributed by atoms with Gasteiger partial charge in [0.2, 0.25) is 0 Å². The first-order chi connectivity index (χ1) is 14.9. The zero-order chi connectivity index (χ0) is 22.0. The van der Waals surface area contributed by atoms with Crippen molar-refractivity contribution in [1.82, 2.24) is 0 Å². The van der Waals surface area contributed by atoms with Gasteiger partial charge in [-0.1, -0.05) is 24.3 Å². The van der Waals surface area contributed by atoms with E-state index in [1.807, 2.05) is 0 Å². The Morgan fingerprint density at radius 1 is 0.871 bits per heavy atom. The molecule has 0 bridgehead atoms. The highest BCUT2D eigenvalue weighted by Crippen LogP contribution is 2.29. The van der Waals surface area contributed by atoms with Gasteiger partial charge in [0.25, 0.3) is 17.7 Å². The highest BCUT2D eigenvalue weighted by Gasteiger charge is 2.36. The summed E-state index contributed by atoms with van der Waals surface area (Å²) in [5.74, 6) is -2.17. The number of carboxylic acids is 1. The molecular formula is C23H16N2O6. The van der Waals surface area contributed by atoms with E-state index in [4.69, 9.17) is 9.84 Å². The number of nitrogens with one attached hydrogen (secondary N) is 1. The van der Waals surface area contributed by atoms with Crippen molar-refractivity contribution in [2.24, 2.45) is 0 Å². The summed E-state index contributed by atoms with van der Waals surface area (Å²) < 4.78 is 5.10. The van der Waals surface area contributed by atoms with Gasteiger partial charge in [-0.2, -0.15) is 0 Å². The summed E-state index contributed by atoms with van der Waals surface area (Å²) >= 11 is 0. The van der Waals surface area contributed by atoms with Gasteiger partial charge in [0.05, 0.1) is 16.8 Å². The number of rotatable bonds is 6. The molecule has 8 heteroatoms. The number of nitrogens with zero attached hydrogens (tertiary/aromatic N) is 1. The van der Waals surface area contributed by atoms with Gasteiger partial charge in [-0.3, -0.25) is 14.4 Å². The largest absolute Gasteiger partial charge is 0.482 e. The lowest BCUT2D eigenvalue weighted by Crippen LogP contribution is -2.29. The Labute approximate surface area is 176 Å². The molecule has 0 radical (unpaired) electrons. The third-order valence-electron chi connectivity index (χ3n) is 4.61. The quantitative estimate of drug-likeness (QED) is 0.597. The van der Waals surface area contributed by atoms with Gasteiger partial charge in [0.15, 0.2) is 6.61 Å². The van der Waals surface area contributed by atoms with Crippen LogP contribution < -0.4 is 15.0 Å². The summed E-state index contributed by atoms with van der Waals surface area (Å²) in [6, 6.07) is 19.0. The van der Waals surface area contributed by atoms with E-state index in [1.54, 1.807) is 60.7 Å². The summed E-state index contributed by atoms with van der Waals surface area (Å²) in [6.07, 6.45) is 0. The second-order valence-corrected chi connectivity index (χ2v) is 6.71. The van der Waals surface area contributed by atoms with E-state index in [9.17, 15) is 19.2 Å². The monoisotopic (exact) mass is 416 g/mol. The molecule has 2 N–H and O–H groups in total. The predicted octanol–water partition coefficient (Wildman–Crippen LogP) is 3.20. The van der Waals surface area contributed by atoms with Crippen molar-refractivity contribution < 1.29 is 29.0 Å². The number of amides is 3. The molecule has 3 aromatic rings. The maximum atomic E-state index is 12.7. The summed E-state index contributed by atoms with van der Waals surface area (Å²) in [4.78, 5) is 49.7. The molecule has 0 fully saturated rings.